The molecule has 1 fully saturated rings. The van der Waals surface area contributed by atoms with Crippen LogP contribution < -0.4 is 20.7 Å². The summed E-state index contributed by atoms with van der Waals surface area (Å²) in [5, 5.41) is 3.05. The molecular formula is C37H44ClF7N4O9S. The zero-order chi connectivity index (χ0) is 44.9. The van der Waals surface area contributed by atoms with Gasteiger partial charge in [0.15, 0.2) is 9.84 Å². The molecule has 0 bridgehead atoms. The van der Waals surface area contributed by atoms with E-state index in [4.69, 9.17) is 21.1 Å². The van der Waals surface area contributed by atoms with E-state index in [1.807, 2.05) is 10.6 Å². The molecule has 1 saturated heterocycles. The summed E-state index contributed by atoms with van der Waals surface area (Å²) >= 11 is 5.84. The molecule has 0 unspecified atom stereocenters. The number of ketones is 1. The second-order valence-corrected chi connectivity index (χ2v) is 17.7. The molecule has 22 heteroatoms. The third kappa shape index (κ3) is 13.0. The van der Waals surface area contributed by atoms with E-state index in [-0.39, 0.29) is 10.6 Å². The molecule has 4 amide bonds. The molecule has 3 rings (SSSR count). The number of sulfone groups is 1. The molecule has 1 aliphatic rings. The first kappa shape index (κ1) is 48.9. The van der Waals surface area contributed by atoms with E-state index >= 15 is 8.78 Å². The minimum absolute atomic E-state index is 0.149. The first-order chi connectivity index (χ1) is 27.0. The van der Waals surface area contributed by atoms with Gasteiger partial charge in [-0.05, 0) is 62.9 Å². The normalized spacial score (nSPS) is 17.6. The molecule has 59 heavy (non-hydrogen) atoms. The monoisotopic (exact) mass is 888 g/mol. The van der Waals surface area contributed by atoms with Gasteiger partial charge in [0, 0.05) is 17.1 Å². The number of alkyl halides is 7. The van der Waals surface area contributed by atoms with E-state index in [9.17, 15) is 54.3 Å². The Labute approximate surface area is 340 Å². The number of rotatable bonds is 17. The van der Waals surface area contributed by atoms with Gasteiger partial charge in [0.2, 0.25) is 17.6 Å². The van der Waals surface area contributed by atoms with Crippen LogP contribution in [0.4, 0.5) is 30.7 Å². The summed E-state index contributed by atoms with van der Waals surface area (Å²) in [5.74, 6) is -20.7. The quantitative estimate of drug-likeness (QED) is 0.154. The Morgan fingerprint density at radius 3 is 2.05 bits per heavy atom. The molecule has 0 saturated carbocycles. The van der Waals surface area contributed by atoms with Gasteiger partial charge in [-0.25, -0.2) is 8.42 Å². The van der Waals surface area contributed by atoms with Crippen molar-refractivity contribution in [1.29, 1.82) is 0 Å². The fourth-order valence-corrected chi connectivity index (χ4v) is 7.72. The van der Waals surface area contributed by atoms with Crippen molar-refractivity contribution in [3.8, 4) is 5.75 Å². The van der Waals surface area contributed by atoms with Crippen molar-refractivity contribution in [3.05, 3.63) is 64.7 Å². The maximum absolute atomic E-state index is 15.5. The summed E-state index contributed by atoms with van der Waals surface area (Å²) in [6.45, 7) is 3.02. The summed E-state index contributed by atoms with van der Waals surface area (Å²) in [7, 11) is -2.95. The maximum atomic E-state index is 15.5. The molecule has 13 nitrogen and oxygen atoms in total. The fourth-order valence-electron chi connectivity index (χ4n) is 5.78. The highest BCUT2D eigenvalue weighted by Gasteiger charge is 2.54. The van der Waals surface area contributed by atoms with Crippen molar-refractivity contribution in [1.82, 2.24) is 20.9 Å². The number of nitrogens with zero attached hydrogens (tertiary/aromatic N) is 1. The third-order valence-electron chi connectivity index (χ3n) is 8.93. The number of hydrogen-bond acceptors (Lipinski definition) is 9. The predicted octanol–water partition coefficient (Wildman–Crippen LogP) is 4.35. The maximum Gasteiger partial charge on any atom is 0.405 e. The Morgan fingerprint density at radius 1 is 0.915 bits per heavy atom. The van der Waals surface area contributed by atoms with E-state index in [2.05, 4.69) is 0 Å². The van der Waals surface area contributed by atoms with Gasteiger partial charge in [-0.3, -0.25) is 24.0 Å². The van der Waals surface area contributed by atoms with Crippen LogP contribution in [0.2, 0.25) is 5.02 Å². The lowest BCUT2D eigenvalue weighted by molar-refractivity contribution is -0.165. The molecule has 1 aliphatic heterocycles. The number of amides is 4. The Hall–Kier alpha value is -4.50. The smallest absolute Gasteiger partial charge is 0.405 e. The minimum Gasteiger partial charge on any atom is -0.497 e. The van der Waals surface area contributed by atoms with Crippen LogP contribution in [0.1, 0.15) is 52.2 Å². The van der Waals surface area contributed by atoms with Gasteiger partial charge in [-0.15, -0.1) is 0 Å². The van der Waals surface area contributed by atoms with Crippen molar-refractivity contribution in [3.63, 3.8) is 0 Å². The van der Waals surface area contributed by atoms with E-state index in [0.717, 1.165) is 37.4 Å². The summed E-state index contributed by atoms with van der Waals surface area (Å²) < 4.78 is 137. The number of carbonyl (C=O) groups excluding carboxylic acids is 5. The number of Topliss-reactive ketones (excluding diaryl/α,β-unsaturated/α-hetero) is 1. The van der Waals surface area contributed by atoms with Gasteiger partial charge < -0.3 is 30.3 Å². The Kier molecular flexibility index (Phi) is 15.6. The zero-order valence-electron chi connectivity index (χ0n) is 32.6. The van der Waals surface area contributed by atoms with Crippen molar-refractivity contribution >= 4 is 50.9 Å². The highest BCUT2D eigenvalue weighted by atomic mass is 35.5. The number of ether oxygens (including phenoxy) is 2. The number of nitrogens with one attached hydrogen (secondary N) is 3. The molecule has 2 aromatic rings. The average Bonchev–Trinajstić information content (AvgIpc) is 3.60. The van der Waals surface area contributed by atoms with Crippen LogP contribution in [0.15, 0.2) is 48.5 Å². The lowest BCUT2D eigenvalue weighted by Gasteiger charge is -2.32. The van der Waals surface area contributed by atoms with Crippen molar-refractivity contribution < 1.29 is 72.6 Å². The predicted molar refractivity (Wildman–Crippen MR) is 198 cm³/mol. The number of methoxy groups -OCH3 is 1. The molecule has 0 aliphatic carbocycles. The van der Waals surface area contributed by atoms with Gasteiger partial charge in [-0.2, -0.15) is 30.7 Å². The van der Waals surface area contributed by atoms with E-state index < -0.39 is 130 Å². The van der Waals surface area contributed by atoms with Gasteiger partial charge in [-0.1, -0.05) is 49.7 Å². The highest BCUT2D eigenvalue weighted by molar-refractivity contribution is 7.91. The summed E-state index contributed by atoms with van der Waals surface area (Å²) in [6.07, 6.45) is -5.86. The standard InChI is InChI=1S/C37H44ClF7N4O9S/c1-20(2)28(29(50)37(44,45)32(53)46-19-35(39,40)41)48-30(51)27-15-25(59(55,56)18-21-10-12-24(57-6)13-11-21)16-49(27)31(52)26(17-58-34(3,4)5)47-33(54)36(42,43)22-8-7-9-23(38)14-22/h7-14,20,25-28H,15-19H2,1-6H3,(H,46,53)(H,47,54)(H,48,51)/t25-,26+,27+,28+/m1/s1. The summed E-state index contributed by atoms with van der Waals surface area (Å²) in [5.41, 5.74) is -1.67. The van der Waals surface area contributed by atoms with Crippen molar-refractivity contribution in [2.24, 2.45) is 5.92 Å². The van der Waals surface area contributed by atoms with Crippen LogP contribution in [-0.2, 0) is 50.2 Å². The largest absolute Gasteiger partial charge is 0.497 e. The number of halogens is 8. The Morgan fingerprint density at radius 2 is 1.53 bits per heavy atom. The topological polar surface area (TPSA) is 177 Å². The molecule has 0 radical (unpaired) electrons. The lowest BCUT2D eigenvalue weighted by Crippen LogP contribution is -2.60. The van der Waals surface area contributed by atoms with Gasteiger partial charge in [0.25, 0.3) is 11.8 Å². The molecular weight excluding hydrogens is 845 g/mol. The molecule has 0 spiro atoms. The van der Waals surface area contributed by atoms with Crippen molar-refractivity contribution in [2.75, 3.05) is 26.8 Å². The SMILES string of the molecule is COc1ccc(CS(=O)(=O)[C@@H]2C[C@@H](C(=O)N[C@H](C(=O)C(F)(F)C(=O)NCC(F)(F)F)C(C)C)N(C(=O)[C@H](COC(C)(C)C)NC(=O)C(F)(F)c3cccc(Cl)c3)C2)cc1. The average molecular weight is 889 g/mol. The zero-order valence-corrected chi connectivity index (χ0v) is 34.2. The van der Waals surface area contributed by atoms with Crippen molar-refractivity contribution in [2.45, 2.75) is 93.8 Å². The Balaban J connectivity index is 2.05. The van der Waals surface area contributed by atoms with Crippen LogP contribution in [0.3, 0.4) is 0 Å². The highest BCUT2D eigenvalue weighted by Crippen LogP contribution is 2.32. The summed E-state index contributed by atoms with van der Waals surface area (Å²) in [4.78, 5) is 67.1. The van der Waals surface area contributed by atoms with E-state index in [1.54, 1.807) is 0 Å². The molecule has 4 atom stereocenters. The minimum atomic E-state index is -5.12. The number of benzene rings is 2. The fraction of sp³-hybridized carbons (Fsp3) is 0.541. The molecule has 2 aromatic carbocycles. The van der Waals surface area contributed by atoms with Crippen LogP contribution in [-0.4, -0.2) is 111 Å². The second-order valence-electron chi connectivity index (χ2n) is 15.0. The first-order valence-corrected chi connectivity index (χ1v) is 19.9. The van der Waals surface area contributed by atoms with Gasteiger partial charge >= 0.3 is 18.0 Å². The number of likely N-dealkylation sites (tertiary alicyclic amines) is 1. The Bertz CT molecular complexity index is 1980. The van der Waals surface area contributed by atoms with Crippen LogP contribution in [0.25, 0.3) is 0 Å². The van der Waals surface area contributed by atoms with E-state index in [1.165, 1.54) is 58.2 Å². The first-order valence-electron chi connectivity index (χ1n) is 17.8. The second kappa shape index (κ2) is 18.8. The van der Waals surface area contributed by atoms with Gasteiger partial charge in [0.05, 0.1) is 36.4 Å². The van der Waals surface area contributed by atoms with Gasteiger partial charge in [0.1, 0.15) is 24.4 Å². The molecule has 1 heterocycles. The molecule has 0 aromatic heterocycles. The third-order valence-corrected chi connectivity index (χ3v) is 11.3. The number of carbonyl (C=O) groups is 5. The molecule has 328 valence electrons. The van der Waals surface area contributed by atoms with Crippen LogP contribution in [0, 0.1) is 5.92 Å². The summed E-state index contributed by atoms with van der Waals surface area (Å²) in [6, 6.07) is 3.63. The number of hydrogen-bond donors (Lipinski definition) is 3. The van der Waals surface area contributed by atoms with Crippen LogP contribution in [0.5, 0.6) is 5.75 Å². The molecule has 3 N–H and O–H groups in total. The van der Waals surface area contributed by atoms with E-state index in [0.29, 0.717) is 10.6 Å². The van der Waals surface area contributed by atoms with Crippen LogP contribution >= 0.6 is 11.6 Å². The lowest BCUT2D eigenvalue weighted by atomic mass is 9.94.